The van der Waals surface area contributed by atoms with Gasteiger partial charge in [-0.3, -0.25) is 4.79 Å². The van der Waals surface area contributed by atoms with Crippen molar-refractivity contribution in [2.75, 3.05) is 13.9 Å². The molecule has 16 heavy (non-hydrogen) atoms. The van der Waals surface area contributed by atoms with Crippen molar-refractivity contribution >= 4 is 17.1 Å². The predicted octanol–water partition coefficient (Wildman–Crippen LogP) is 2.64. The summed E-state index contributed by atoms with van der Waals surface area (Å²) in [4.78, 5) is 10.9. The Hall–Kier alpha value is -1.87. The van der Waals surface area contributed by atoms with Crippen LogP contribution in [0.5, 0.6) is 5.75 Å². The number of aldehydes is 1. The maximum absolute atomic E-state index is 10.9. The van der Waals surface area contributed by atoms with E-state index in [1.807, 2.05) is 30.3 Å². The lowest BCUT2D eigenvalue weighted by atomic mass is 10.0. The molecule has 0 bridgehead atoms. The smallest absolute Gasteiger partial charge is 0.188 e. The SMILES string of the molecule is COCOc1cccc2c(C=O)cccc12. The van der Waals surface area contributed by atoms with Crippen LogP contribution in [0.15, 0.2) is 36.4 Å². The third kappa shape index (κ3) is 1.90. The van der Waals surface area contributed by atoms with Gasteiger partial charge < -0.3 is 9.47 Å². The van der Waals surface area contributed by atoms with Gasteiger partial charge in [-0.15, -0.1) is 0 Å². The summed E-state index contributed by atoms with van der Waals surface area (Å²) < 4.78 is 10.3. The molecule has 0 saturated carbocycles. The largest absolute Gasteiger partial charge is 0.467 e. The molecule has 0 aromatic heterocycles. The highest BCUT2D eigenvalue weighted by molar-refractivity contribution is 6.00. The Morgan fingerprint density at radius 2 is 1.88 bits per heavy atom. The van der Waals surface area contributed by atoms with Crippen molar-refractivity contribution in [2.24, 2.45) is 0 Å². The molecule has 3 heteroatoms. The summed E-state index contributed by atoms with van der Waals surface area (Å²) >= 11 is 0. The first-order valence-corrected chi connectivity index (χ1v) is 4.95. The van der Waals surface area contributed by atoms with Gasteiger partial charge in [0.1, 0.15) is 5.75 Å². The highest BCUT2D eigenvalue weighted by Crippen LogP contribution is 2.27. The Kier molecular flexibility index (Phi) is 3.17. The first kappa shape index (κ1) is 10.6. The lowest BCUT2D eigenvalue weighted by Gasteiger charge is -2.08. The molecule has 0 aliphatic heterocycles. The lowest BCUT2D eigenvalue weighted by molar-refractivity contribution is 0.0522. The first-order chi connectivity index (χ1) is 7.86. The van der Waals surface area contributed by atoms with Gasteiger partial charge in [0.05, 0.1) is 0 Å². The van der Waals surface area contributed by atoms with Gasteiger partial charge in [-0.05, 0) is 11.5 Å². The van der Waals surface area contributed by atoms with E-state index >= 15 is 0 Å². The zero-order chi connectivity index (χ0) is 11.4. The second kappa shape index (κ2) is 4.77. The van der Waals surface area contributed by atoms with Crippen molar-refractivity contribution in [3.05, 3.63) is 42.0 Å². The molecule has 0 aliphatic rings. The maximum atomic E-state index is 10.9. The number of ether oxygens (including phenoxy) is 2. The van der Waals surface area contributed by atoms with E-state index in [0.717, 1.165) is 22.8 Å². The molecule has 0 N–H and O–H groups in total. The molecule has 0 heterocycles. The molecule has 0 unspecified atom stereocenters. The fourth-order valence-electron chi connectivity index (χ4n) is 1.66. The minimum absolute atomic E-state index is 0.199. The van der Waals surface area contributed by atoms with Crippen LogP contribution in [-0.2, 0) is 4.74 Å². The van der Waals surface area contributed by atoms with Crippen molar-refractivity contribution in [2.45, 2.75) is 0 Å². The first-order valence-electron chi connectivity index (χ1n) is 4.95. The van der Waals surface area contributed by atoms with Crippen LogP contribution in [0.2, 0.25) is 0 Å². The van der Waals surface area contributed by atoms with E-state index in [0.29, 0.717) is 5.56 Å². The number of hydrogen-bond acceptors (Lipinski definition) is 3. The molecule has 3 nitrogen and oxygen atoms in total. The molecule has 0 atom stereocenters. The Bertz CT molecular complexity index is 506. The number of benzene rings is 2. The second-order valence-electron chi connectivity index (χ2n) is 3.37. The van der Waals surface area contributed by atoms with Crippen LogP contribution in [0.25, 0.3) is 10.8 Å². The van der Waals surface area contributed by atoms with Crippen molar-refractivity contribution in [3.8, 4) is 5.75 Å². The van der Waals surface area contributed by atoms with Gasteiger partial charge in [0.2, 0.25) is 0 Å². The molecule has 0 amide bonds. The van der Waals surface area contributed by atoms with Gasteiger partial charge in [-0.25, -0.2) is 0 Å². The van der Waals surface area contributed by atoms with E-state index < -0.39 is 0 Å². The molecule has 0 spiro atoms. The van der Waals surface area contributed by atoms with Gasteiger partial charge in [0.15, 0.2) is 13.1 Å². The summed E-state index contributed by atoms with van der Waals surface area (Å²) in [5.74, 6) is 0.725. The molecule has 0 radical (unpaired) electrons. The van der Waals surface area contributed by atoms with Gasteiger partial charge in [0, 0.05) is 18.1 Å². The number of hydrogen-bond donors (Lipinski definition) is 0. The summed E-state index contributed by atoms with van der Waals surface area (Å²) in [5.41, 5.74) is 0.667. The van der Waals surface area contributed by atoms with Crippen LogP contribution in [0.1, 0.15) is 10.4 Å². The monoisotopic (exact) mass is 216 g/mol. The number of methoxy groups -OCH3 is 1. The summed E-state index contributed by atoms with van der Waals surface area (Å²) in [7, 11) is 1.57. The fraction of sp³-hybridized carbons (Fsp3) is 0.154. The summed E-state index contributed by atoms with van der Waals surface area (Å²) in [6.45, 7) is 0.199. The zero-order valence-electron chi connectivity index (χ0n) is 8.97. The summed E-state index contributed by atoms with van der Waals surface area (Å²) in [6.07, 6.45) is 0.850. The molecule has 2 aromatic rings. The van der Waals surface area contributed by atoms with E-state index in [4.69, 9.17) is 9.47 Å². The number of fused-ring (bicyclic) bond motifs is 1. The predicted molar refractivity (Wildman–Crippen MR) is 61.8 cm³/mol. The van der Waals surface area contributed by atoms with Crippen LogP contribution in [0.3, 0.4) is 0 Å². The molecule has 82 valence electrons. The normalized spacial score (nSPS) is 10.3. The minimum Gasteiger partial charge on any atom is -0.467 e. The standard InChI is InChI=1S/C13H12O3/c1-15-9-16-13-7-3-5-11-10(8-14)4-2-6-12(11)13/h2-8H,9H2,1H3. The Morgan fingerprint density at radius 1 is 1.12 bits per heavy atom. The summed E-state index contributed by atoms with van der Waals surface area (Å²) in [5, 5.41) is 1.82. The summed E-state index contributed by atoms with van der Waals surface area (Å²) in [6, 6.07) is 11.2. The third-order valence-electron chi connectivity index (χ3n) is 2.38. The van der Waals surface area contributed by atoms with E-state index in [1.54, 1.807) is 13.2 Å². The van der Waals surface area contributed by atoms with Crippen LogP contribution in [-0.4, -0.2) is 20.2 Å². The Morgan fingerprint density at radius 3 is 2.62 bits per heavy atom. The molecule has 0 aliphatic carbocycles. The second-order valence-corrected chi connectivity index (χ2v) is 3.37. The van der Waals surface area contributed by atoms with Gasteiger partial charge >= 0.3 is 0 Å². The average molecular weight is 216 g/mol. The maximum Gasteiger partial charge on any atom is 0.188 e. The highest BCUT2D eigenvalue weighted by Gasteiger charge is 2.04. The highest BCUT2D eigenvalue weighted by atomic mass is 16.7. The van der Waals surface area contributed by atoms with E-state index in [-0.39, 0.29) is 6.79 Å². The molecule has 0 saturated heterocycles. The van der Waals surface area contributed by atoms with Crippen LogP contribution < -0.4 is 4.74 Å². The average Bonchev–Trinajstić information content (AvgIpc) is 2.35. The number of carbonyl (C=O) groups is 1. The number of rotatable bonds is 4. The molecular weight excluding hydrogens is 204 g/mol. The molecule has 2 aromatic carbocycles. The topological polar surface area (TPSA) is 35.5 Å². The zero-order valence-corrected chi connectivity index (χ0v) is 8.97. The Labute approximate surface area is 93.6 Å². The van der Waals surface area contributed by atoms with E-state index in [2.05, 4.69) is 0 Å². The van der Waals surface area contributed by atoms with Crippen LogP contribution in [0.4, 0.5) is 0 Å². The van der Waals surface area contributed by atoms with Gasteiger partial charge in [-0.2, -0.15) is 0 Å². The fourth-order valence-corrected chi connectivity index (χ4v) is 1.66. The van der Waals surface area contributed by atoms with Gasteiger partial charge in [-0.1, -0.05) is 30.3 Å². The quantitative estimate of drug-likeness (QED) is 0.582. The van der Waals surface area contributed by atoms with E-state index in [1.165, 1.54) is 0 Å². The minimum atomic E-state index is 0.199. The van der Waals surface area contributed by atoms with E-state index in [9.17, 15) is 4.79 Å². The molecular formula is C13H12O3. The van der Waals surface area contributed by atoms with Crippen molar-refractivity contribution in [3.63, 3.8) is 0 Å². The van der Waals surface area contributed by atoms with Crippen molar-refractivity contribution in [1.29, 1.82) is 0 Å². The van der Waals surface area contributed by atoms with Crippen molar-refractivity contribution in [1.82, 2.24) is 0 Å². The molecule has 0 fully saturated rings. The number of carbonyl (C=O) groups excluding carboxylic acids is 1. The third-order valence-corrected chi connectivity index (χ3v) is 2.38. The van der Waals surface area contributed by atoms with Crippen LogP contribution >= 0.6 is 0 Å². The van der Waals surface area contributed by atoms with Gasteiger partial charge in [0.25, 0.3) is 0 Å². The lowest BCUT2D eigenvalue weighted by Crippen LogP contribution is -1.99. The van der Waals surface area contributed by atoms with Crippen molar-refractivity contribution < 1.29 is 14.3 Å². The van der Waals surface area contributed by atoms with Crippen LogP contribution in [0, 0.1) is 0 Å². The molecule has 2 rings (SSSR count). The Balaban J connectivity index is 2.55.